The van der Waals surface area contributed by atoms with Gasteiger partial charge in [0.15, 0.2) is 0 Å². The summed E-state index contributed by atoms with van der Waals surface area (Å²) in [5, 5.41) is 19.2. The van der Waals surface area contributed by atoms with Gasteiger partial charge in [-0.05, 0) is 73.2 Å². The Hall–Kier alpha value is -3.52. The molecule has 0 bridgehead atoms. The van der Waals surface area contributed by atoms with E-state index in [2.05, 4.69) is 25.9 Å². The number of hydrogen-bond acceptors (Lipinski definition) is 5. The molecule has 4 rings (SSSR count). The van der Waals surface area contributed by atoms with Crippen LogP contribution in [0.3, 0.4) is 0 Å². The summed E-state index contributed by atoms with van der Waals surface area (Å²) in [6, 6.07) is 12.8. The standard InChI is InChI=1S/C20H18ClN7O/c1-12-4-7-16(10-18(12)27-11-22-25-26-27)23-20(29)15-5-8-17(9-6-15)28-14(3)19(21)13(2)24-28/h4-11H,1-3H3,(H,23,29). The normalized spacial score (nSPS) is 10.9. The van der Waals surface area contributed by atoms with E-state index in [1.807, 2.05) is 51.1 Å². The van der Waals surface area contributed by atoms with Gasteiger partial charge in [0.05, 0.1) is 27.8 Å². The van der Waals surface area contributed by atoms with Crippen LogP contribution < -0.4 is 5.32 Å². The number of rotatable bonds is 4. The van der Waals surface area contributed by atoms with Crippen LogP contribution in [-0.4, -0.2) is 35.9 Å². The average molecular weight is 408 g/mol. The molecule has 0 aliphatic carbocycles. The zero-order chi connectivity index (χ0) is 20.5. The summed E-state index contributed by atoms with van der Waals surface area (Å²) in [6.07, 6.45) is 1.51. The molecular formula is C20H18ClN7O. The third kappa shape index (κ3) is 3.62. The number of hydrogen-bond donors (Lipinski definition) is 1. The number of benzene rings is 2. The minimum atomic E-state index is -0.213. The van der Waals surface area contributed by atoms with Crippen LogP contribution in [0.2, 0.25) is 5.02 Å². The summed E-state index contributed by atoms with van der Waals surface area (Å²) < 4.78 is 3.32. The minimum Gasteiger partial charge on any atom is -0.322 e. The molecule has 0 fully saturated rings. The average Bonchev–Trinajstić information content (AvgIpc) is 3.34. The number of carbonyl (C=O) groups is 1. The third-order valence-corrected chi connectivity index (χ3v) is 5.19. The molecule has 29 heavy (non-hydrogen) atoms. The Kier molecular flexibility index (Phi) is 4.85. The topological polar surface area (TPSA) is 90.5 Å². The first-order chi connectivity index (χ1) is 13.9. The van der Waals surface area contributed by atoms with E-state index in [4.69, 9.17) is 11.6 Å². The molecule has 2 aromatic heterocycles. The van der Waals surface area contributed by atoms with Crippen molar-refractivity contribution in [2.24, 2.45) is 0 Å². The van der Waals surface area contributed by atoms with Gasteiger partial charge in [-0.2, -0.15) is 5.10 Å². The minimum absolute atomic E-state index is 0.213. The fourth-order valence-corrected chi connectivity index (χ4v) is 3.16. The van der Waals surface area contributed by atoms with E-state index in [1.54, 1.807) is 21.5 Å². The lowest BCUT2D eigenvalue weighted by atomic mass is 10.1. The maximum absolute atomic E-state index is 12.7. The van der Waals surface area contributed by atoms with Crippen LogP contribution in [0.1, 0.15) is 27.3 Å². The molecule has 8 nitrogen and oxygen atoms in total. The van der Waals surface area contributed by atoms with Gasteiger partial charge in [0.2, 0.25) is 0 Å². The predicted molar refractivity (Wildman–Crippen MR) is 110 cm³/mol. The highest BCUT2D eigenvalue weighted by Gasteiger charge is 2.12. The molecule has 0 saturated heterocycles. The lowest BCUT2D eigenvalue weighted by molar-refractivity contribution is 0.102. The molecule has 0 aliphatic heterocycles. The van der Waals surface area contributed by atoms with E-state index < -0.39 is 0 Å². The van der Waals surface area contributed by atoms with E-state index in [0.29, 0.717) is 16.3 Å². The Morgan fingerprint density at radius 2 is 1.83 bits per heavy atom. The van der Waals surface area contributed by atoms with E-state index in [-0.39, 0.29) is 5.91 Å². The van der Waals surface area contributed by atoms with Gasteiger partial charge in [0.1, 0.15) is 6.33 Å². The fourth-order valence-electron chi connectivity index (χ4n) is 3.04. The van der Waals surface area contributed by atoms with Gasteiger partial charge in [-0.25, -0.2) is 9.36 Å². The van der Waals surface area contributed by atoms with Crippen molar-refractivity contribution in [1.82, 2.24) is 30.0 Å². The Morgan fingerprint density at radius 3 is 2.45 bits per heavy atom. The molecular weight excluding hydrogens is 390 g/mol. The first-order valence-electron chi connectivity index (χ1n) is 8.91. The van der Waals surface area contributed by atoms with Gasteiger partial charge < -0.3 is 5.32 Å². The van der Waals surface area contributed by atoms with E-state index in [1.165, 1.54) is 6.33 Å². The number of carbonyl (C=O) groups excluding carboxylic acids is 1. The fraction of sp³-hybridized carbons (Fsp3) is 0.150. The summed E-state index contributed by atoms with van der Waals surface area (Å²) in [5.74, 6) is -0.213. The van der Waals surface area contributed by atoms with Gasteiger partial charge >= 0.3 is 0 Å². The summed E-state index contributed by atoms with van der Waals surface area (Å²) in [7, 11) is 0. The number of halogens is 1. The summed E-state index contributed by atoms with van der Waals surface area (Å²) >= 11 is 6.22. The maximum atomic E-state index is 12.7. The van der Waals surface area contributed by atoms with Gasteiger partial charge in [0.25, 0.3) is 5.91 Å². The van der Waals surface area contributed by atoms with Gasteiger partial charge in [0, 0.05) is 11.3 Å². The molecule has 2 aromatic carbocycles. The van der Waals surface area contributed by atoms with Crippen molar-refractivity contribution in [2.45, 2.75) is 20.8 Å². The van der Waals surface area contributed by atoms with Crippen LogP contribution in [0.4, 0.5) is 5.69 Å². The first kappa shape index (κ1) is 18.8. The second kappa shape index (κ2) is 7.48. The van der Waals surface area contributed by atoms with Crippen molar-refractivity contribution in [3.8, 4) is 11.4 Å². The highest BCUT2D eigenvalue weighted by Crippen LogP contribution is 2.23. The first-order valence-corrected chi connectivity index (χ1v) is 9.29. The Balaban J connectivity index is 1.55. The van der Waals surface area contributed by atoms with Crippen LogP contribution in [0.5, 0.6) is 0 Å². The van der Waals surface area contributed by atoms with Crippen molar-refractivity contribution < 1.29 is 4.79 Å². The maximum Gasteiger partial charge on any atom is 0.255 e. The summed E-state index contributed by atoms with van der Waals surface area (Å²) in [6.45, 7) is 5.72. The lowest BCUT2D eigenvalue weighted by Crippen LogP contribution is -2.12. The monoisotopic (exact) mass is 407 g/mol. The predicted octanol–water partition coefficient (Wildman–Crippen LogP) is 3.68. The number of tetrazole rings is 1. The smallest absolute Gasteiger partial charge is 0.255 e. The second-order valence-electron chi connectivity index (χ2n) is 6.65. The van der Waals surface area contributed by atoms with E-state index in [0.717, 1.165) is 28.3 Å². The quantitative estimate of drug-likeness (QED) is 0.557. The van der Waals surface area contributed by atoms with Crippen LogP contribution in [0.25, 0.3) is 11.4 Å². The van der Waals surface area contributed by atoms with Gasteiger partial charge in [-0.3, -0.25) is 4.79 Å². The number of amides is 1. The zero-order valence-electron chi connectivity index (χ0n) is 16.1. The zero-order valence-corrected chi connectivity index (χ0v) is 16.8. The number of anilines is 1. The molecule has 0 saturated carbocycles. The van der Waals surface area contributed by atoms with Crippen LogP contribution in [0, 0.1) is 20.8 Å². The van der Waals surface area contributed by atoms with Gasteiger partial charge in [-0.15, -0.1) is 5.10 Å². The van der Waals surface area contributed by atoms with E-state index >= 15 is 0 Å². The lowest BCUT2D eigenvalue weighted by Gasteiger charge is -2.10. The summed E-state index contributed by atoms with van der Waals surface area (Å²) in [5.41, 5.74) is 5.43. The third-order valence-electron chi connectivity index (χ3n) is 4.64. The number of nitrogens with zero attached hydrogens (tertiary/aromatic N) is 6. The molecule has 2 heterocycles. The molecule has 146 valence electrons. The van der Waals surface area contributed by atoms with Crippen LogP contribution in [-0.2, 0) is 0 Å². The molecule has 1 amide bonds. The van der Waals surface area contributed by atoms with Crippen molar-refractivity contribution in [3.05, 3.63) is 76.3 Å². The molecule has 0 radical (unpaired) electrons. The highest BCUT2D eigenvalue weighted by molar-refractivity contribution is 6.31. The van der Waals surface area contributed by atoms with E-state index in [9.17, 15) is 4.79 Å². The largest absolute Gasteiger partial charge is 0.322 e. The number of nitrogens with one attached hydrogen (secondary N) is 1. The Bertz CT molecular complexity index is 1180. The summed E-state index contributed by atoms with van der Waals surface area (Å²) in [4.78, 5) is 12.7. The van der Waals surface area contributed by atoms with Crippen LogP contribution in [0.15, 0.2) is 48.8 Å². The van der Waals surface area contributed by atoms with Crippen molar-refractivity contribution in [2.75, 3.05) is 5.32 Å². The molecule has 0 atom stereocenters. The number of aryl methyl sites for hydroxylation is 2. The van der Waals surface area contributed by atoms with Crippen LogP contribution >= 0.6 is 11.6 Å². The van der Waals surface area contributed by atoms with Gasteiger partial charge in [-0.1, -0.05) is 17.7 Å². The number of aromatic nitrogens is 6. The van der Waals surface area contributed by atoms with Crippen molar-refractivity contribution in [1.29, 1.82) is 0 Å². The highest BCUT2D eigenvalue weighted by atomic mass is 35.5. The molecule has 0 unspecified atom stereocenters. The molecule has 4 aromatic rings. The molecule has 1 N–H and O–H groups in total. The molecule has 0 spiro atoms. The van der Waals surface area contributed by atoms with Crippen molar-refractivity contribution >= 4 is 23.2 Å². The second-order valence-corrected chi connectivity index (χ2v) is 7.03. The molecule has 0 aliphatic rings. The Morgan fingerprint density at radius 1 is 1.07 bits per heavy atom. The SMILES string of the molecule is Cc1ccc(NC(=O)c2ccc(-n3nc(C)c(Cl)c3C)cc2)cc1-n1cnnn1. The molecule has 9 heteroatoms. The Labute approximate surface area is 172 Å². The van der Waals surface area contributed by atoms with Crippen molar-refractivity contribution in [3.63, 3.8) is 0 Å².